The molecule has 0 aliphatic heterocycles. The van der Waals surface area contributed by atoms with Gasteiger partial charge in [0.1, 0.15) is 0 Å². The Balaban J connectivity index is 1.60. The number of carbonyl (C=O) groups excluding carboxylic acids is 1. The molecule has 2 aromatic heterocycles. The number of amides is 1. The van der Waals surface area contributed by atoms with E-state index in [0.717, 1.165) is 5.56 Å². The van der Waals surface area contributed by atoms with Crippen LogP contribution in [0.5, 0.6) is 0 Å². The summed E-state index contributed by atoms with van der Waals surface area (Å²) >= 11 is 11.9. The molecular formula is C17H15Cl2N5O3. The number of anilines is 1. The lowest BCUT2D eigenvalue weighted by molar-refractivity contribution is -0.137. The summed E-state index contributed by atoms with van der Waals surface area (Å²) in [5.41, 5.74) is 1.24. The second-order valence-corrected chi connectivity index (χ2v) is 6.55. The van der Waals surface area contributed by atoms with E-state index in [0.29, 0.717) is 28.0 Å². The molecule has 3 aromatic rings. The van der Waals surface area contributed by atoms with Crippen molar-refractivity contribution in [1.29, 1.82) is 0 Å². The van der Waals surface area contributed by atoms with E-state index in [1.54, 1.807) is 29.1 Å². The standard InChI is InChI=1S/C17H15Cl2N5O3/c18-13-2-1-11(7-14(13)19)9-24-5-3-15(22-24)21-17(27)12-8-20-23(10-12)6-4-16(25)26/h1-3,5,7-8,10H,4,6,9H2,(H,25,26)(H,21,22,27). The number of carbonyl (C=O) groups is 2. The minimum Gasteiger partial charge on any atom is -0.481 e. The molecule has 0 unspecified atom stereocenters. The van der Waals surface area contributed by atoms with Gasteiger partial charge in [0.25, 0.3) is 5.91 Å². The van der Waals surface area contributed by atoms with Crippen LogP contribution in [0.15, 0.2) is 42.9 Å². The molecule has 3 rings (SSSR count). The highest BCUT2D eigenvalue weighted by molar-refractivity contribution is 6.42. The summed E-state index contributed by atoms with van der Waals surface area (Å²) in [6, 6.07) is 6.99. The summed E-state index contributed by atoms with van der Waals surface area (Å²) in [5, 5.41) is 20.6. The fraction of sp³-hybridized carbons (Fsp3) is 0.176. The van der Waals surface area contributed by atoms with Crippen molar-refractivity contribution in [3.63, 3.8) is 0 Å². The lowest BCUT2D eigenvalue weighted by Gasteiger charge is -2.04. The summed E-state index contributed by atoms with van der Waals surface area (Å²) in [6.07, 6.45) is 4.53. The maximum absolute atomic E-state index is 12.3. The molecule has 2 heterocycles. The second-order valence-electron chi connectivity index (χ2n) is 5.74. The van der Waals surface area contributed by atoms with E-state index in [4.69, 9.17) is 28.3 Å². The number of nitrogens with zero attached hydrogens (tertiary/aromatic N) is 4. The lowest BCUT2D eigenvalue weighted by Crippen LogP contribution is -2.12. The van der Waals surface area contributed by atoms with Crippen LogP contribution in [0.25, 0.3) is 0 Å². The van der Waals surface area contributed by atoms with Gasteiger partial charge in [0.05, 0.1) is 41.3 Å². The van der Waals surface area contributed by atoms with E-state index in [9.17, 15) is 9.59 Å². The smallest absolute Gasteiger partial charge is 0.305 e. The summed E-state index contributed by atoms with van der Waals surface area (Å²) in [4.78, 5) is 22.8. The molecule has 0 saturated carbocycles. The van der Waals surface area contributed by atoms with Gasteiger partial charge in [-0.3, -0.25) is 19.0 Å². The van der Waals surface area contributed by atoms with Crippen molar-refractivity contribution in [2.45, 2.75) is 19.5 Å². The molecule has 1 amide bonds. The first-order valence-electron chi connectivity index (χ1n) is 7.93. The Hall–Kier alpha value is -2.84. The summed E-state index contributed by atoms with van der Waals surface area (Å²) < 4.78 is 3.07. The zero-order valence-electron chi connectivity index (χ0n) is 14.0. The van der Waals surface area contributed by atoms with Crippen LogP contribution in [0.3, 0.4) is 0 Å². The number of aliphatic carboxylic acids is 1. The van der Waals surface area contributed by atoms with Gasteiger partial charge in [0.2, 0.25) is 0 Å². The third kappa shape index (κ3) is 5.08. The number of halogens is 2. The molecule has 10 heteroatoms. The third-order valence-corrected chi connectivity index (χ3v) is 4.40. The Morgan fingerprint density at radius 1 is 1.15 bits per heavy atom. The summed E-state index contributed by atoms with van der Waals surface area (Å²) in [5.74, 6) is -0.918. The van der Waals surface area contributed by atoms with Crippen molar-refractivity contribution in [1.82, 2.24) is 19.6 Å². The SMILES string of the molecule is O=C(O)CCn1cc(C(=O)Nc2ccn(Cc3ccc(Cl)c(Cl)c3)n2)cn1. The molecular weight excluding hydrogens is 393 g/mol. The number of hydrogen-bond donors (Lipinski definition) is 2. The molecule has 140 valence electrons. The normalized spacial score (nSPS) is 10.7. The number of nitrogens with one attached hydrogen (secondary N) is 1. The Labute approximate surface area is 164 Å². The minimum atomic E-state index is -0.927. The number of aromatic nitrogens is 4. The highest BCUT2D eigenvalue weighted by Gasteiger charge is 2.11. The van der Waals surface area contributed by atoms with Crippen molar-refractivity contribution in [2.24, 2.45) is 0 Å². The predicted molar refractivity (Wildman–Crippen MR) is 100 cm³/mol. The monoisotopic (exact) mass is 407 g/mol. The largest absolute Gasteiger partial charge is 0.481 e. The molecule has 8 nitrogen and oxygen atoms in total. The minimum absolute atomic E-state index is 0.0676. The molecule has 0 fully saturated rings. The molecule has 27 heavy (non-hydrogen) atoms. The molecule has 1 aromatic carbocycles. The predicted octanol–water partition coefficient (Wildman–Crippen LogP) is 3.16. The van der Waals surface area contributed by atoms with Gasteiger partial charge >= 0.3 is 5.97 Å². The van der Waals surface area contributed by atoms with Gasteiger partial charge in [0, 0.05) is 18.5 Å². The first-order valence-corrected chi connectivity index (χ1v) is 8.69. The molecule has 0 atom stereocenters. The van der Waals surface area contributed by atoms with Crippen molar-refractivity contribution in [3.05, 3.63) is 64.0 Å². The third-order valence-electron chi connectivity index (χ3n) is 3.66. The average Bonchev–Trinajstić information content (AvgIpc) is 3.26. The topological polar surface area (TPSA) is 102 Å². The van der Waals surface area contributed by atoms with Gasteiger partial charge in [-0.05, 0) is 17.7 Å². The van der Waals surface area contributed by atoms with E-state index >= 15 is 0 Å². The highest BCUT2D eigenvalue weighted by atomic mass is 35.5. The number of carboxylic acid groups (broad SMARTS) is 1. The number of benzene rings is 1. The zero-order chi connectivity index (χ0) is 19.4. The second kappa shape index (κ2) is 8.24. The van der Waals surface area contributed by atoms with Crippen LogP contribution < -0.4 is 5.32 Å². The molecule has 0 aliphatic rings. The lowest BCUT2D eigenvalue weighted by atomic mass is 10.2. The van der Waals surface area contributed by atoms with E-state index in [1.165, 1.54) is 17.1 Å². The van der Waals surface area contributed by atoms with Crippen LogP contribution in [0.1, 0.15) is 22.3 Å². The Bertz CT molecular complexity index is 983. The quantitative estimate of drug-likeness (QED) is 0.625. The van der Waals surface area contributed by atoms with Gasteiger partial charge in [-0.2, -0.15) is 10.2 Å². The maximum atomic E-state index is 12.3. The van der Waals surface area contributed by atoms with Gasteiger partial charge in [-0.15, -0.1) is 0 Å². The van der Waals surface area contributed by atoms with E-state index < -0.39 is 5.97 Å². The van der Waals surface area contributed by atoms with Crippen LogP contribution in [0, 0.1) is 0 Å². The molecule has 0 aliphatic carbocycles. The van der Waals surface area contributed by atoms with Crippen molar-refractivity contribution in [2.75, 3.05) is 5.32 Å². The first kappa shape index (κ1) is 18.9. The van der Waals surface area contributed by atoms with Gasteiger partial charge in [0.15, 0.2) is 5.82 Å². The first-order chi connectivity index (χ1) is 12.9. The van der Waals surface area contributed by atoms with Crippen LogP contribution in [-0.2, 0) is 17.9 Å². The van der Waals surface area contributed by atoms with Crippen molar-refractivity contribution in [3.8, 4) is 0 Å². The van der Waals surface area contributed by atoms with Crippen LogP contribution in [0.4, 0.5) is 5.82 Å². The summed E-state index contributed by atoms with van der Waals surface area (Å²) in [7, 11) is 0. The fourth-order valence-corrected chi connectivity index (χ4v) is 2.66. The van der Waals surface area contributed by atoms with E-state index in [2.05, 4.69) is 15.5 Å². The Kier molecular flexibility index (Phi) is 5.78. The Morgan fingerprint density at radius 3 is 2.70 bits per heavy atom. The maximum Gasteiger partial charge on any atom is 0.305 e. The number of hydrogen-bond acceptors (Lipinski definition) is 4. The zero-order valence-corrected chi connectivity index (χ0v) is 15.5. The molecule has 0 spiro atoms. The van der Waals surface area contributed by atoms with E-state index in [-0.39, 0.29) is 18.9 Å². The van der Waals surface area contributed by atoms with Crippen LogP contribution in [0.2, 0.25) is 10.0 Å². The van der Waals surface area contributed by atoms with Gasteiger partial charge < -0.3 is 10.4 Å². The Morgan fingerprint density at radius 2 is 1.96 bits per heavy atom. The van der Waals surface area contributed by atoms with Crippen molar-refractivity contribution < 1.29 is 14.7 Å². The summed E-state index contributed by atoms with van der Waals surface area (Å²) in [6.45, 7) is 0.667. The molecule has 2 N–H and O–H groups in total. The van der Waals surface area contributed by atoms with Crippen LogP contribution in [-0.4, -0.2) is 36.5 Å². The van der Waals surface area contributed by atoms with Gasteiger partial charge in [-0.1, -0.05) is 29.3 Å². The highest BCUT2D eigenvalue weighted by Crippen LogP contribution is 2.23. The fourth-order valence-electron chi connectivity index (χ4n) is 2.34. The average molecular weight is 408 g/mol. The van der Waals surface area contributed by atoms with Gasteiger partial charge in [-0.25, -0.2) is 0 Å². The van der Waals surface area contributed by atoms with Crippen LogP contribution >= 0.6 is 23.2 Å². The molecule has 0 radical (unpaired) electrons. The number of carboxylic acids is 1. The van der Waals surface area contributed by atoms with Crippen molar-refractivity contribution >= 4 is 40.9 Å². The van der Waals surface area contributed by atoms with E-state index in [1.807, 2.05) is 6.07 Å². The number of rotatable bonds is 7. The molecule has 0 bridgehead atoms. The molecule has 0 saturated heterocycles. The number of aryl methyl sites for hydroxylation is 1.